The number of ether oxygens (including phenoxy) is 1. The van der Waals surface area contributed by atoms with Crippen LogP contribution in [0.5, 0.6) is 0 Å². The molecule has 2 aromatic heterocycles. The number of aromatic nitrogens is 4. The number of hydrogen-bond donors (Lipinski definition) is 0. The zero-order chi connectivity index (χ0) is 18.1. The molecule has 7 nitrogen and oxygen atoms in total. The first-order chi connectivity index (χ1) is 12.6. The maximum Gasteiger partial charge on any atom is 0.249 e. The normalized spacial score (nSPS) is 19.9. The van der Waals surface area contributed by atoms with Gasteiger partial charge in [0.05, 0.1) is 11.8 Å². The number of methoxy groups -OCH3 is 1. The first-order valence-electron chi connectivity index (χ1n) is 8.33. The fraction of sp³-hybridized carbons (Fsp3) is 0.333. The Morgan fingerprint density at radius 2 is 1.96 bits per heavy atom. The van der Waals surface area contributed by atoms with Gasteiger partial charge in [-0.05, 0) is 43.3 Å². The van der Waals surface area contributed by atoms with Crippen LogP contribution in [-0.2, 0) is 4.74 Å². The predicted molar refractivity (Wildman–Crippen MR) is 92.0 cm³/mol. The Hall–Kier alpha value is -2.87. The maximum atomic E-state index is 13.1. The number of halogens is 1. The molecule has 0 aliphatic carbocycles. The van der Waals surface area contributed by atoms with Crippen LogP contribution in [-0.4, -0.2) is 40.1 Å². The lowest BCUT2D eigenvalue weighted by atomic mass is 10.1. The van der Waals surface area contributed by atoms with Crippen molar-refractivity contribution in [3.8, 4) is 11.3 Å². The van der Waals surface area contributed by atoms with Crippen LogP contribution in [0.4, 0.5) is 10.2 Å². The molecule has 0 saturated carbocycles. The molecule has 26 heavy (non-hydrogen) atoms. The van der Waals surface area contributed by atoms with E-state index in [0.29, 0.717) is 29.8 Å². The van der Waals surface area contributed by atoms with Gasteiger partial charge in [-0.1, -0.05) is 5.16 Å². The molecule has 0 bridgehead atoms. The Morgan fingerprint density at radius 3 is 2.58 bits per heavy atom. The summed E-state index contributed by atoms with van der Waals surface area (Å²) in [5, 5.41) is 12.5. The predicted octanol–water partition coefficient (Wildman–Crippen LogP) is 2.94. The summed E-state index contributed by atoms with van der Waals surface area (Å²) >= 11 is 0. The SMILES string of the molecule is COC1CC(c2nc(C)no2)N(c2ccc(-c3ccc(F)cc3)nn2)C1. The van der Waals surface area contributed by atoms with Crippen molar-refractivity contribution in [2.75, 3.05) is 18.6 Å². The molecule has 3 aromatic rings. The summed E-state index contributed by atoms with van der Waals surface area (Å²) in [6.07, 6.45) is 0.783. The first-order valence-corrected chi connectivity index (χ1v) is 8.33. The summed E-state index contributed by atoms with van der Waals surface area (Å²) in [7, 11) is 1.69. The van der Waals surface area contributed by atoms with Crippen LogP contribution < -0.4 is 4.90 Å². The third-order valence-electron chi connectivity index (χ3n) is 4.51. The van der Waals surface area contributed by atoms with E-state index in [0.717, 1.165) is 12.0 Å². The van der Waals surface area contributed by atoms with E-state index in [-0.39, 0.29) is 18.0 Å². The number of benzene rings is 1. The Labute approximate surface area is 149 Å². The van der Waals surface area contributed by atoms with Gasteiger partial charge in [-0.2, -0.15) is 4.98 Å². The third-order valence-corrected chi connectivity index (χ3v) is 4.51. The lowest BCUT2D eigenvalue weighted by Gasteiger charge is -2.22. The van der Waals surface area contributed by atoms with Gasteiger partial charge in [-0.3, -0.25) is 0 Å². The maximum absolute atomic E-state index is 13.1. The smallest absolute Gasteiger partial charge is 0.249 e. The summed E-state index contributed by atoms with van der Waals surface area (Å²) in [4.78, 5) is 6.41. The highest BCUT2D eigenvalue weighted by Crippen LogP contribution is 2.35. The Kier molecular flexibility index (Phi) is 4.34. The highest BCUT2D eigenvalue weighted by Gasteiger charge is 2.37. The van der Waals surface area contributed by atoms with E-state index < -0.39 is 0 Å². The summed E-state index contributed by atoms with van der Waals surface area (Å²) in [6.45, 7) is 2.45. The van der Waals surface area contributed by atoms with Gasteiger partial charge >= 0.3 is 0 Å². The van der Waals surface area contributed by atoms with Crippen molar-refractivity contribution in [3.63, 3.8) is 0 Å². The number of anilines is 1. The van der Waals surface area contributed by atoms with Crippen molar-refractivity contribution >= 4 is 5.82 Å². The first kappa shape index (κ1) is 16.6. The molecule has 0 N–H and O–H groups in total. The molecule has 0 spiro atoms. The second-order valence-electron chi connectivity index (χ2n) is 6.23. The summed E-state index contributed by atoms with van der Waals surface area (Å²) in [5.74, 6) is 1.57. The van der Waals surface area contributed by atoms with E-state index in [2.05, 4.69) is 25.2 Å². The largest absolute Gasteiger partial charge is 0.380 e. The van der Waals surface area contributed by atoms with Crippen molar-refractivity contribution in [2.45, 2.75) is 25.5 Å². The molecule has 1 saturated heterocycles. The zero-order valence-electron chi connectivity index (χ0n) is 14.5. The van der Waals surface area contributed by atoms with Crippen molar-refractivity contribution in [1.82, 2.24) is 20.3 Å². The topological polar surface area (TPSA) is 77.2 Å². The third kappa shape index (κ3) is 3.15. The van der Waals surface area contributed by atoms with Crippen molar-refractivity contribution < 1.29 is 13.7 Å². The molecular formula is C18H18FN5O2. The van der Waals surface area contributed by atoms with Crippen molar-refractivity contribution in [1.29, 1.82) is 0 Å². The highest BCUT2D eigenvalue weighted by molar-refractivity contribution is 5.59. The van der Waals surface area contributed by atoms with Gasteiger partial charge in [0.2, 0.25) is 5.89 Å². The molecule has 8 heteroatoms. The molecule has 1 aliphatic rings. The van der Waals surface area contributed by atoms with Gasteiger partial charge in [-0.15, -0.1) is 10.2 Å². The lowest BCUT2D eigenvalue weighted by Crippen LogP contribution is -2.26. The molecule has 3 heterocycles. The van der Waals surface area contributed by atoms with E-state index in [1.165, 1.54) is 12.1 Å². The molecule has 2 atom stereocenters. The van der Waals surface area contributed by atoms with Crippen molar-refractivity contribution in [2.24, 2.45) is 0 Å². The van der Waals surface area contributed by atoms with Crippen LogP contribution >= 0.6 is 0 Å². The van der Waals surface area contributed by atoms with Crippen LogP contribution in [0.3, 0.4) is 0 Å². The zero-order valence-corrected chi connectivity index (χ0v) is 14.5. The van der Waals surface area contributed by atoms with Crippen LogP contribution in [0.2, 0.25) is 0 Å². The Balaban J connectivity index is 1.61. The Bertz CT molecular complexity index is 881. The van der Waals surface area contributed by atoms with Gasteiger partial charge < -0.3 is 14.2 Å². The fourth-order valence-electron chi connectivity index (χ4n) is 3.16. The average Bonchev–Trinajstić information content (AvgIpc) is 3.28. The quantitative estimate of drug-likeness (QED) is 0.712. The summed E-state index contributed by atoms with van der Waals surface area (Å²) < 4.78 is 23.9. The van der Waals surface area contributed by atoms with Crippen LogP contribution in [0, 0.1) is 12.7 Å². The molecule has 1 fully saturated rings. The minimum absolute atomic E-state index is 0.0470. The van der Waals surface area contributed by atoms with Gasteiger partial charge in [0.25, 0.3) is 0 Å². The van der Waals surface area contributed by atoms with Gasteiger partial charge in [-0.25, -0.2) is 4.39 Å². The molecule has 1 aromatic carbocycles. The molecule has 134 valence electrons. The summed E-state index contributed by atoms with van der Waals surface area (Å²) in [6, 6.07) is 9.82. The van der Waals surface area contributed by atoms with Crippen LogP contribution in [0.1, 0.15) is 24.2 Å². The molecule has 1 aliphatic heterocycles. The van der Waals surface area contributed by atoms with E-state index in [1.807, 2.05) is 12.1 Å². The number of nitrogens with zero attached hydrogens (tertiary/aromatic N) is 5. The van der Waals surface area contributed by atoms with Gasteiger partial charge in [0.1, 0.15) is 11.9 Å². The number of rotatable bonds is 4. The average molecular weight is 355 g/mol. The minimum atomic E-state index is -0.279. The van der Waals surface area contributed by atoms with E-state index in [9.17, 15) is 4.39 Å². The van der Waals surface area contributed by atoms with Crippen molar-refractivity contribution in [3.05, 3.63) is 53.9 Å². The van der Waals surface area contributed by atoms with E-state index in [4.69, 9.17) is 9.26 Å². The van der Waals surface area contributed by atoms with Gasteiger partial charge in [0.15, 0.2) is 11.6 Å². The van der Waals surface area contributed by atoms with Gasteiger partial charge in [0, 0.05) is 25.6 Å². The molecule has 0 amide bonds. The lowest BCUT2D eigenvalue weighted by molar-refractivity contribution is 0.117. The monoisotopic (exact) mass is 355 g/mol. The summed E-state index contributed by atoms with van der Waals surface area (Å²) in [5.41, 5.74) is 1.49. The second-order valence-corrected chi connectivity index (χ2v) is 6.23. The fourth-order valence-corrected chi connectivity index (χ4v) is 3.16. The van der Waals surface area contributed by atoms with Crippen LogP contribution in [0.25, 0.3) is 11.3 Å². The standard InChI is InChI=1S/C18H18FN5O2/c1-11-20-18(26-23-11)16-9-14(25-2)10-24(16)17-8-7-15(21-22-17)12-3-5-13(19)6-4-12/h3-8,14,16H,9-10H2,1-2H3. The molecule has 4 rings (SSSR count). The minimum Gasteiger partial charge on any atom is -0.380 e. The van der Waals surface area contributed by atoms with Crippen LogP contribution in [0.15, 0.2) is 40.9 Å². The number of hydrogen-bond acceptors (Lipinski definition) is 7. The van der Waals surface area contributed by atoms with E-state index >= 15 is 0 Å². The molecule has 0 radical (unpaired) electrons. The highest BCUT2D eigenvalue weighted by atomic mass is 19.1. The molecule has 2 unspecified atom stereocenters. The second kappa shape index (κ2) is 6.80. The number of aryl methyl sites for hydroxylation is 1. The molecular weight excluding hydrogens is 337 g/mol. The van der Waals surface area contributed by atoms with E-state index in [1.54, 1.807) is 26.2 Å². The Morgan fingerprint density at radius 1 is 1.15 bits per heavy atom.